The summed E-state index contributed by atoms with van der Waals surface area (Å²) < 4.78 is 0. The van der Waals surface area contributed by atoms with Crippen LogP contribution >= 0.6 is 12.2 Å². The first-order valence-electron chi connectivity index (χ1n) is 5.36. The summed E-state index contributed by atoms with van der Waals surface area (Å²) in [6.07, 6.45) is 3.09. The van der Waals surface area contributed by atoms with Gasteiger partial charge in [0.2, 0.25) is 0 Å². The van der Waals surface area contributed by atoms with Crippen molar-refractivity contribution in [2.24, 2.45) is 5.92 Å². The van der Waals surface area contributed by atoms with E-state index in [0.29, 0.717) is 12.8 Å². The molecule has 1 unspecified atom stereocenters. The Morgan fingerprint density at radius 3 is 2.20 bits per heavy atom. The van der Waals surface area contributed by atoms with E-state index >= 15 is 0 Å². The zero-order valence-electron chi connectivity index (χ0n) is 10.2. The van der Waals surface area contributed by atoms with Gasteiger partial charge >= 0.3 is 34.6 Å². The maximum absolute atomic E-state index is 10.4. The molecule has 0 N–H and O–H groups in total. The van der Waals surface area contributed by atoms with E-state index in [0.717, 1.165) is 12.8 Å². The van der Waals surface area contributed by atoms with Crippen LogP contribution in [0.3, 0.4) is 0 Å². The van der Waals surface area contributed by atoms with Crippen LogP contribution in [-0.2, 0) is 4.79 Å². The maximum atomic E-state index is 10.4. The van der Waals surface area contributed by atoms with E-state index in [4.69, 9.17) is 0 Å². The van der Waals surface area contributed by atoms with Crippen LogP contribution in [-0.4, -0.2) is 31.1 Å². The molecule has 88 valence electrons. The Morgan fingerprint density at radius 2 is 1.93 bits per heavy atom. The van der Waals surface area contributed by atoms with Gasteiger partial charge in [0.15, 0.2) is 0 Å². The van der Waals surface area contributed by atoms with Crippen molar-refractivity contribution in [3.8, 4) is 0 Å². The van der Waals surface area contributed by atoms with Gasteiger partial charge in [-0.15, -0.1) is 0 Å². The van der Waals surface area contributed by atoms with Crippen molar-refractivity contribution < 1.29 is 9.90 Å². The van der Waals surface area contributed by atoms with Gasteiger partial charge in [0.25, 0.3) is 0 Å². The second-order valence-electron chi connectivity index (χ2n) is 4.06. The molecule has 0 aromatic heterocycles. The number of hydrogen-bond donors (Lipinski definition) is 0. The zero-order valence-corrected chi connectivity index (χ0v) is 13.9. The van der Waals surface area contributed by atoms with Crippen molar-refractivity contribution >= 4 is 43.3 Å². The number of aliphatic carboxylic acids is 1. The van der Waals surface area contributed by atoms with Crippen LogP contribution in [0.4, 0.5) is 0 Å². The molecular formula is C11H22O2SSn. The van der Waals surface area contributed by atoms with E-state index in [9.17, 15) is 9.90 Å². The number of carbonyl (C=O) groups excluding carboxylic acids is 1. The topological polar surface area (TPSA) is 40.1 Å². The van der Waals surface area contributed by atoms with Gasteiger partial charge in [-0.25, -0.2) is 0 Å². The second-order valence-corrected chi connectivity index (χ2v) is 13.0. The van der Waals surface area contributed by atoms with Gasteiger partial charge in [-0.1, -0.05) is 32.0 Å². The molecule has 1 atom stereocenters. The number of hydrogen-bond acceptors (Lipinski definition) is 3. The minimum atomic E-state index is -0.973. The molecule has 0 saturated carbocycles. The van der Waals surface area contributed by atoms with Gasteiger partial charge in [0, 0.05) is 11.9 Å². The summed E-state index contributed by atoms with van der Waals surface area (Å²) in [5.41, 5.74) is 0. The first kappa shape index (κ1) is 17.7. The minimum absolute atomic E-state index is 0.368. The Labute approximate surface area is 106 Å². The fraction of sp³-hybridized carbons (Fsp3) is 0.818. The molecule has 0 amide bonds. The Bertz CT molecular complexity index is 169. The summed E-state index contributed by atoms with van der Waals surface area (Å²) in [7, 11) is 0. The van der Waals surface area contributed by atoms with Crippen LogP contribution in [0, 0.1) is 5.92 Å². The zero-order chi connectivity index (χ0) is 12.3. The Balaban J connectivity index is 0. The molecule has 15 heavy (non-hydrogen) atoms. The van der Waals surface area contributed by atoms with Gasteiger partial charge in [-0.05, 0) is 18.2 Å². The molecule has 0 aliphatic heterocycles. The van der Waals surface area contributed by atoms with E-state index in [1.54, 1.807) is 0 Å². The molecule has 0 aliphatic carbocycles. The van der Waals surface area contributed by atoms with Crippen LogP contribution < -0.4 is 5.11 Å². The number of carboxylic acids is 1. The average molecular weight is 337 g/mol. The first-order chi connectivity index (χ1) is 6.95. The van der Waals surface area contributed by atoms with Gasteiger partial charge in [0.1, 0.15) is 0 Å². The first-order valence-corrected chi connectivity index (χ1v) is 14.4. The van der Waals surface area contributed by atoms with Crippen LogP contribution in [0.1, 0.15) is 32.6 Å². The number of carboxylic acid groups (broad SMARTS) is 1. The predicted molar refractivity (Wildman–Crippen MR) is 69.6 cm³/mol. The third kappa shape index (κ3) is 17.0. The van der Waals surface area contributed by atoms with Gasteiger partial charge in [-0.2, -0.15) is 0 Å². The third-order valence-electron chi connectivity index (χ3n) is 1.62. The number of unbranched alkanes of at least 4 members (excludes halogenated alkanes) is 1. The van der Waals surface area contributed by atoms with E-state index < -0.39 is 25.7 Å². The molecule has 0 heterocycles. The molecule has 0 aromatic carbocycles. The summed E-state index contributed by atoms with van der Waals surface area (Å²) in [6, 6.07) is 0. The monoisotopic (exact) mass is 338 g/mol. The normalized spacial score (nSPS) is 10.9. The van der Waals surface area contributed by atoms with Gasteiger partial charge in [-0.3, -0.25) is 0 Å². The molecule has 0 rings (SSSR count). The third-order valence-corrected chi connectivity index (χ3v) is 1.81. The summed E-state index contributed by atoms with van der Waals surface area (Å²) in [5.74, 6) is -1.34. The standard InChI is InChI=1S/C8H14O2S.3CH3.Sn/c1-2-3-4-7(5-6-11)8(9)10;;;;/h6-7H,2-5H2,1H3,(H,9,10);3*1H3;/q;;;;+1/p-1. The number of carbonyl (C=O) groups is 1. The Morgan fingerprint density at radius 1 is 1.47 bits per heavy atom. The van der Waals surface area contributed by atoms with Crippen molar-refractivity contribution in [3.63, 3.8) is 0 Å². The fourth-order valence-electron chi connectivity index (χ4n) is 0.899. The van der Waals surface area contributed by atoms with Crippen LogP contribution in [0.5, 0.6) is 0 Å². The number of thiocarbonyl (C=S) groups is 1. The Hall–Kier alpha value is 0.359. The molecule has 0 fully saturated rings. The van der Waals surface area contributed by atoms with E-state index in [1.165, 1.54) is 5.37 Å². The van der Waals surface area contributed by atoms with E-state index in [-0.39, 0.29) is 5.92 Å². The predicted octanol–water partition coefficient (Wildman–Crippen LogP) is 2.30. The molecule has 0 spiro atoms. The molecule has 0 aromatic rings. The second kappa shape index (κ2) is 12.4. The quantitative estimate of drug-likeness (QED) is 0.552. The van der Waals surface area contributed by atoms with Crippen molar-refractivity contribution in [2.75, 3.05) is 0 Å². The fourth-order valence-corrected chi connectivity index (χ4v) is 1.13. The number of rotatable bonds is 6. The molecule has 0 radical (unpaired) electrons. The summed E-state index contributed by atoms with van der Waals surface area (Å²) >= 11 is 4.04. The summed E-state index contributed by atoms with van der Waals surface area (Å²) in [5, 5.41) is 11.9. The van der Waals surface area contributed by atoms with Crippen LogP contribution in [0.2, 0.25) is 14.8 Å². The molecule has 2 nitrogen and oxygen atoms in total. The van der Waals surface area contributed by atoms with Crippen LogP contribution in [0.15, 0.2) is 0 Å². The van der Waals surface area contributed by atoms with Crippen molar-refractivity contribution in [2.45, 2.75) is 47.4 Å². The van der Waals surface area contributed by atoms with Crippen molar-refractivity contribution in [3.05, 3.63) is 0 Å². The van der Waals surface area contributed by atoms with Crippen molar-refractivity contribution in [1.82, 2.24) is 0 Å². The molecule has 0 saturated heterocycles. The molecule has 0 aliphatic rings. The van der Waals surface area contributed by atoms with Crippen molar-refractivity contribution in [1.29, 1.82) is 0 Å². The molecule has 4 heteroatoms. The summed E-state index contributed by atoms with van der Waals surface area (Å²) in [4.78, 5) is 17.5. The van der Waals surface area contributed by atoms with Crippen LogP contribution in [0.25, 0.3) is 0 Å². The summed E-state index contributed by atoms with van der Waals surface area (Å²) in [6.45, 7) is 2.03. The molecular weight excluding hydrogens is 315 g/mol. The van der Waals surface area contributed by atoms with E-state index in [1.807, 2.05) is 6.92 Å². The van der Waals surface area contributed by atoms with Gasteiger partial charge in [0.05, 0.1) is 0 Å². The van der Waals surface area contributed by atoms with E-state index in [2.05, 4.69) is 27.0 Å². The molecule has 0 bridgehead atoms. The average Bonchev–Trinajstić information content (AvgIpc) is 2.10. The SMILES string of the molecule is CCCCC(CC=S)C(=O)[O-].[CH3][Sn+]([CH3])[CH3]. The Kier molecular flexibility index (Phi) is 14.7. The van der Waals surface area contributed by atoms with Gasteiger partial charge < -0.3 is 9.90 Å².